The largest absolute Gasteiger partial charge is 0.508 e. The van der Waals surface area contributed by atoms with Crippen LogP contribution in [0.5, 0.6) is 69.0 Å². The predicted octanol–water partition coefficient (Wildman–Crippen LogP) is 21.2. The van der Waals surface area contributed by atoms with Crippen LogP contribution in [0.1, 0.15) is 149 Å². The van der Waals surface area contributed by atoms with Crippen LogP contribution in [0.2, 0.25) is 0 Å². The van der Waals surface area contributed by atoms with E-state index in [1.165, 1.54) is 43.5 Å². The van der Waals surface area contributed by atoms with Gasteiger partial charge >= 0.3 is 0 Å². The molecule has 0 saturated carbocycles. The van der Waals surface area contributed by atoms with Gasteiger partial charge in [-0.2, -0.15) is 0 Å². The number of hydrogen-bond acceptors (Lipinski definition) is 16. The summed E-state index contributed by atoms with van der Waals surface area (Å²) in [7, 11) is 7.80. The van der Waals surface area contributed by atoms with Crippen molar-refractivity contribution in [1.82, 2.24) is 0 Å². The Hall–Kier alpha value is -12.3. The predicted molar refractivity (Wildman–Crippen MR) is 439 cm³/mol. The Kier molecular flexibility index (Phi) is 34.7. The van der Waals surface area contributed by atoms with Crippen molar-refractivity contribution in [3.05, 3.63) is 296 Å². The molecule has 0 aliphatic carbocycles. The number of hydrogen-bond donors (Lipinski definition) is 2. The van der Waals surface area contributed by atoms with E-state index in [-0.39, 0.29) is 54.3 Å². The highest BCUT2D eigenvalue weighted by Crippen LogP contribution is 2.36. The van der Waals surface area contributed by atoms with Crippen LogP contribution < -0.4 is 47.4 Å². The number of benzene rings is 9. The lowest BCUT2D eigenvalue weighted by atomic mass is 10.0. The first-order chi connectivity index (χ1) is 51.7. The first-order valence-electron chi connectivity index (χ1n) is 35.1. The summed E-state index contributed by atoms with van der Waals surface area (Å²) in [5, 5.41) is 19.0. The number of ketones is 4. The molecule has 2 N–H and O–H groups in total. The summed E-state index contributed by atoms with van der Waals surface area (Å²) in [4.78, 5) is 50.7. The van der Waals surface area contributed by atoms with Crippen LogP contribution in [0, 0.1) is 55.4 Å². The monoisotopic (exact) mass is 1480 g/mol. The highest BCUT2D eigenvalue weighted by atomic mass is 16.5. The van der Waals surface area contributed by atoms with Crippen molar-refractivity contribution >= 4 is 47.4 Å². The average molecular weight is 1480 g/mol. The highest BCUT2D eigenvalue weighted by Gasteiger charge is 2.20. The zero-order valence-electron chi connectivity index (χ0n) is 65.0. The van der Waals surface area contributed by atoms with Crippen molar-refractivity contribution in [2.45, 2.75) is 109 Å². The van der Waals surface area contributed by atoms with Gasteiger partial charge in [-0.15, -0.1) is 0 Å². The lowest BCUT2D eigenvalue weighted by molar-refractivity contribution is 0.103. The molecule has 9 aromatic carbocycles. The molecule has 0 heterocycles. The summed E-state index contributed by atoms with van der Waals surface area (Å²) >= 11 is 0. The van der Waals surface area contributed by atoms with E-state index in [0.29, 0.717) is 93.6 Å². The summed E-state index contributed by atoms with van der Waals surface area (Å²) < 4.78 is 55.9. The average Bonchev–Trinajstić information content (AvgIpc) is 0.842. The molecule has 0 amide bonds. The van der Waals surface area contributed by atoms with Crippen molar-refractivity contribution in [3.63, 3.8) is 0 Å². The van der Waals surface area contributed by atoms with E-state index in [0.717, 1.165) is 78.3 Å². The van der Waals surface area contributed by atoms with Crippen molar-refractivity contribution < 1.29 is 76.8 Å². The van der Waals surface area contributed by atoms with Crippen LogP contribution in [0.25, 0.3) is 24.3 Å². The number of rotatable bonds is 30. The molecule has 16 heteroatoms. The molecule has 0 spiro atoms. The van der Waals surface area contributed by atoms with Crippen molar-refractivity contribution in [1.29, 1.82) is 0 Å². The quantitative estimate of drug-likeness (QED) is 0.0244. The summed E-state index contributed by atoms with van der Waals surface area (Å²) in [5.41, 5.74) is 14.0. The molecule has 0 unspecified atom stereocenters. The van der Waals surface area contributed by atoms with Gasteiger partial charge in [0.1, 0.15) is 88.8 Å². The van der Waals surface area contributed by atoms with Crippen molar-refractivity contribution in [2.24, 2.45) is 0 Å². The molecule has 0 aromatic heterocycles. The summed E-state index contributed by atoms with van der Waals surface area (Å²) in [6.07, 6.45) is 16.2. The zero-order chi connectivity index (χ0) is 79.1. The summed E-state index contributed by atoms with van der Waals surface area (Å²) in [6.45, 7) is 32.1. The van der Waals surface area contributed by atoms with Gasteiger partial charge in [-0.3, -0.25) is 19.2 Å². The van der Waals surface area contributed by atoms with Gasteiger partial charge in [-0.25, -0.2) is 0 Å². The van der Waals surface area contributed by atoms with E-state index in [2.05, 4.69) is 13.2 Å². The summed E-state index contributed by atoms with van der Waals surface area (Å²) in [6, 6.07) is 45.8. The molecular weight excluding hydrogens is 1370 g/mol. The number of phenols is 2. The number of phenolic OH excluding ortho intramolecular Hbond substituents is 2. The van der Waals surface area contributed by atoms with Gasteiger partial charge < -0.3 is 57.6 Å². The van der Waals surface area contributed by atoms with Crippen LogP contribution in [-0.4, -0.2) is 94.3 Å². The fraction of sp³-hybridized carbons (Fsp3) is 0.247. The van der Waals surface area contributed by atoms with Gasteiger partial charge in [0.25, 0.3) is 0 Å². The van der Waals surface area contributed by atoms with Gasteiger partial charge in [0, 0.05) is 46.0 Å². The topological polar surface area (TPSA) is 201 Å². The maximum absolute atomic E-state index is 12.8. The third-order valence-electron chi connectivity index (χ3n) is 17.0. The third-order valence-corrected chi connectivity index (χ3v) is 17.0. The molecule has 0 radical (unpaired) electrons. The smallest absolute Gasteiger partial charge is 0.189 e. The first kappa shape index (κ1) is 87.3. The van der Waals surface area contributed by atoms with E-state index in [1.807, 2.05) is 186 Å². The third kappa shape index (κ3) is 25.2. The molecule has 0 atom stereocenters. The molecule has 0 aliphatic heterocycles. The van der Waals surface area contributed by atoms with Crippen LogP contribution in [0.4, 0.5) is 0 Å². The van der Waals surface area contributed by atoms with Gasteiger partial charge in [0.15, 0.2) is 23.1 Å². The molecule has 572 valence electrons. The van der Waals surface area contributed by atoms with Gasteiger partial charge in [-0.05, 0) is 249 Å². The molecule has 109 heavy (non-hydrogen) atoms. The Balaban J connectivity index is 0.000000260. The van der Waals surface area contributed by atoms with E-state index >= 15 is 0 Å². The number of ether oxygens (including phenoxy) is 10. The highest BCUT2D eigenvalue weighted by molar-refractivity contribution is 6.11. The Morgan fingerprint density at radius 2 is 0.780 bits per heavy atom. The minimum absolute atomic E-state index is 0. The molecule has 9 aromatic rings. The second kappa shape index (κ2) is 43.4. The molecule has 16 nitrogen and oxygen atoms in total. The Labute approximate surface area is 643 Å². The van der Waals surface area contributed by atoms with Gasteiger partial charge in [-0.1, -0.05) is 93.4 Å². The number of aromatic hydroxyl groups is 2. The zero-order valence-corrected chi connectivity index (χ0v) is 65.0. The molecule has 0 bridgehead atoms. The second-order valence-corrected chi connectivity index (χ2v) is 25.5. The van der Waals surface area contributed by atoms with E-state index in [9.17, 15) is 29.4 Å². The first-order valence-corrected chi connectivity index (χ1v) is 35.1. The fourth-order valence-electron chi connectivity index (χ4n) is 11.0. The SMILES string of the molecule is C.C=CCOc1ccc(/C=C/C(=O)c2ccc(C)c(C)c2OC)c(OCC=C)c1.COc1c(C(=O)/C=C/c2ccc(C)cc2OCc2ccccc2)ccc(C)c1C.COc1c(C(=O)/C=C/c2ccc(OC(C)C)cc2OC(C)C)ccc(C)c1C.COc1ccc(C(=O)/C=C/c2ccc(O)cc2O)c(OC)c1C. The van der Waals surface area contributed by atoms with Crippen molar-refractivity contribution in [3.8, 4) is 69.0 Å². The Morgan fingerprint density at radius 3 is 1.22 bits per heavy atom. The van der Waals surface area contributed by atoms with Crippen molar-refractivity contribution in [2.75, 3.05) is 48.8 Å². The molecule has 9 rings (SSSR count). The van der Waals surface area contributed by atoms with Crippen LogP contribution >= 0.6 is 0 Å². The number of aryl methyl sites for hydroxylation is 4. The minimum atomic E-state index is -0.264. The van der Waals surface area contributed by atoms with Gasteiger partial charge in [0.2, 0.25) is 0 Å². The summed E-state index contributed by atoms with van der Waals surface area (Å²) in [5.74, 6) is 5.64. The van der Waals surface area contributed by atoms with Gasteiger partial charge in [0.05, 0.1) is 70.0 Å². The fourth-order valence-corrected chi connectivity index (χ4v) is 11.0. The molecule has 0 fully saturated rings. The molecular formula is C93H104O16. The number of methoxy groups -OCH3 is 5. The standard InChI is InChI=1S/C26H26O3.C24H30O4.C24H26O4.C18H18O5.CH4/c1-18-10-12-22(25(16-18)29-17-21-8-6-5-7-9-21)13-15-24(27)23-14-11-19(2)20(3)26(23)28-4;1-15(2)27-20-11-9-19(23(14-20)28-16(3)4)10-13-22(25)21-12-8-17(5)18(6)24(21)26-7;1-6-14-27-20-11-9-19(23(16-20)28-15-7-2)10-13-22(25)21-12-8-17(3)18(4)24(21)26-5;1-11-17(22-2)9-7-14(18(11)23-3)15(20)8-5-12-4-6-13(19)10-16(12)21;/h5-16H,17H2,1-4H3;8-16H,1-7H3;6-13,16H,1-2,14-15H2,3-5H3;4-10,19,21H,1-3H3;1H4/b15-13+;2*13-10+;8-5+;. The minimum Gasteiger partial charge on any atom is -0.508 e. The second-order valence-electron chi connectivity index (χ2n) is 25.5. The number of carbonyl (C=O) groups excluding carboxylic acids is 4. The maximum atomic E-state index is 12.8. The van der Waals surface area contributed by atoms with E-state index in [4.69, 9.17) is 47.4 Å². The maximum Gasteiger partial charge on any atom is 0.189 e. The Morgan fingerprint density at radius 1 is 0.385 bits per heavy atom. The number of carbonyl (C=O) groups is 4. The molecule has 0 aliphatic rings. The van der Waals surface area contributed by atoms with Crippen LogP contribution in [0.3, 0.4) is 0 Å². The lowest BCUT2D eigenvalue weighted by Crippen LogP contribution is -2.09. The number of allylic oxidation sites excluding steroid dienone is 4. The van der Waals surface area contributed by atoms with Crippen LogP contribution in [-0.2, 0) is 6.61 Å². The Bertz CT molecular complexity index is 4740. The van der Waals surface area contributed by atoms with Crippen LogP contribution in [0.15, 0.2) is 201 Å². The molecule has 0 saturated heterocycles. The van der Waals surface area contributed by atoms with E-state index < -0.39 is 0 Å². The normalized spacial score (nSPS) is 10.8. The lowest BCUT2D eigenvalue weighted by Gasteiger charge is -2.16. The van der Waals surface area contributed by atoms with E-state index in [1.54, 1.807) is 101 Å².